The number of ether oxygens (including phenoxy) is 1. The highest BCUT2D eigenvalue weighted by atomic mass is 16.5. The molecule has 2 nitrogen and oxygen atoms in total. The Morgan fingerprint density at radius 3 is 1.89 bits per heavy atom. The number of carbonyl (C=O) groups excluding carboxylic acids is 1. The maximum atomic E-state index is 13.1. The molecule has 3 rings (SSSR count). The fraction of sp³-hybridized carbons (Fsp3) is 0.500. The van der Waals surface area contributed by atoms with E-state index in [4.69, 9.17) is 4.74 Å². The van der Waals surface area contributed by atoms with Crippen LogP contribution >= 0.6 is 0 Å². The number of hydrogen-bond acceptors (Lipinski definition) is 2. The number of carbonyl (C=O) groups is 1. The SMILES string of the molecule is Cc1cc(C2C(=O)Oc3c2cc(C(C)(C)C)cc3C(C)(C)C)c(C)c(C)c1C. The lowest BCUT2D eigenvalue weighted by Crippen LogP contribution is -2.17. The van der Waals surface area contributed by atoms with E-state index in [1.807, 2.05) is 0 Å². The molecule has 0 radical (unpaired) electrons. The Balaban J connectivity index is 2.33. The summed E-state index contributed by atoms with van der Waals surface area (Å²) >= 11 is 0. The highest BCUT2D eigenvalue weighted by Crippen LogP contribution is 2.48. The minimum Gasteiger partial charge on any atom is -0.425 e. The van der Waals surface area contributed by atoms with Crippen LogP contribution in [0.5, 0.6) is 5.75 Å². The average Bonchev–Trinajstić information content (AvgIpc) is 2.89. The molecule has 2 aromatic carbocycles. The molecule has 0 bridgehead atoms. The number of hydrogen-bond donors (Lipinski definition) is 0. The Morgan fingerprint density at radius 1 is 0.750 bits per heavy atom. The van der Waals surface area contributed by atoms with Crippen molar-refractivity contribution in [3.63, 3.8) is 0 Å². The van der Waals surface area contributed by atoms with E-state index in [0.717, 1.165) is 22.4 Å². The van der Waals surface area contributed by atoms with Crippen LogP contribution in [0.2, 0.25) is 0 Å². The zero-order chi connectivity index (χ0) is 21.2. The summed E-state index contributed by atoms with van der Waals surface area (Å²) in [6, 6.07) is 6.61. The average molecular weight is 379 g/mol. The van der Waals surface area contributed by atoms with Crippen molar-refractivity contribution in [3.8, 4) is 5.75 Å². The molecule has 0 fully saturated rings. The normalized spacial score (nSPS) is 16.9. The lowest BCUT2D eigenvalue weighted by molar-refractivity contribution is -0.133. The van der Waals surface area contributed by atoms with Gasteiger partial charge in [-0.05, 0) is 71.9 Å². The number of aryl methyl sites for hydroxylation is 1. The summed E-state index contributed by atoms with van der Waals surface area (Å²) in [6.07, 6.45) is 0. The van der Waals surface area contributed by atoms with Crippen molar-refractivity contribution in [2.24, 2.45) is 0 Å². The molecule has 0 saturated carbocycles. The van der Waals surface area contributed by atoms with Crippen LogP contribution in [0.15, 0.2) is 18.2 Å². The Hall–Kier alpha value is -2.09. The third kappa shape index (κ3) is 3.27. The largest absolute Gasteiger partial charge is 0.425 e. The van der Waals surface area contributed by atoms with Gasteiger partial charge in [0.05, 0.1) is 0 Å². The Morgan fingerprint density at radius 2 is 1.36 bits per heavy atom. The Labute approximate surface area is 170 Å². The van der Waals surface area contributed by atoms with Gasteiger partial charge >= 0.3 is 5.97 Å². The van der Waals surface area contributed by atoms with E-state index in [0.29, 0.717) is 0 Å². The first-order chi connectivity index (χ1) is 12.7. The van der Waals surface area contributed by atoms with Crippen molar-refractivity contribution in [2.75, 3.05) is 0 Å². The van der Waals surface area contributed by atoms with Crippen LogP contribution in [0.3, 0.4) is 0 Å². The highest BCUT2D eigenvalue weighted by molar-refractivity contribution is 5.91. The highest BCUT2D eigenvalue weighted by Gasteiger charge is 2.40. The molecule has 1 aliphatic rings. The van der Waals surface area contributed by atoms with Crippen molar-refractivity contribution >= 4 is 5.97 Å². The summed E-state index contributed by atoms with van der Waals surface area (Å²) in [4.78, 5) is 13.1. The molecule has 1 aliphatic heterocycles. The molecular weight excluding hydrogens is 344 g/mol. The van der Waals surface area contributed by atoms with Gasteiger partial charge in [0.1, 0.15) is 11.7 Å². The molecule has 2 aromatic rings. The predicted octanol–water partition coefficient (Wildman–Crippen LogP) is 6.57. The molecule has 28 heavy (non-hydrogen) atoms. The standard InChI is InChI=1S/C26H34O2/c1-14-11-19(17(4)16(3)15(14)2)22-20-12-18(25(5,6)7)13-21(26(8,9)10)23(20)28-24(22)27/h11-13,22H,1-10H3. The van der Waals surface area contributed by atoms with E-state index in [9.17, 15) is 4.79 Å². The first-order valence-electron chi connectivity index (χ1n) is 10.2. The molecule has 1 heterocycles. The first kappa shape index (κ1) is 20.6. The first-order valence-corrected chi connectivity index (χ1v) is 10.2. The van der Waals surface area contributed by atoms with Crippen LogP contribution in [0, 0.1) is 27.7 Å². The quantitative estimate of drug-likeness (QED) is 0.414. The van der Waals surface area contributed by atoms with Crippen LogP contribution in [0.4, 0.5) is 0 Å². The van der Waals surface area contributed by atoms with Gasteiger partial charge in [0.25, 0.3) is 0 Å². The van der Waals surface area contributed by atoms with Gasteiger partial charge in [0, 0.05) is 11.1 Å². The summed E-state index contributed by atoms with van der Waals surface area (Å²) in [5.41, 5.74) is 9.34. The smallest absolute Gasteiger partial charge is 0.323 e. The third-order valence-corrected chi connectivity index (χ3v) is 6.37. The predicted molar refractivity (Wildman–Crippen MR) is 117 cm³/mol. The lowest BCUT2D eigenvalue weighted by atomic mass is 9.76. The van der Waals surface area contributed by atoms with Gasteiger partial charge in [-0.1, -0.05) is 59.7 Å². The van der Waals surface area contributed by atoms with E-state index >= 15 is 0 Å². The second-order valence-corrected chi connectivity index (χ2v) is 10.5. The molecule has 0 N–H and O–H groups in total. The van der Waals surface area contributed by atoms with Gasteiger partial charge in [-0.25, -0.2) is 0 Å². The van der Waals surface area contributed by atoms with E-state index in [1.165, 1.54) is 27.8 Å². The van der Waals surface area contributed by atoms with Gasteiger partial charge < -0.3 is 4.74 Å². The van der Waals surface area contributed by atoms with Gasteiger partial charge in [0.15, 0.2) is 0 Å². The maximum absolute atomic E-state index is 13.1. The molecule has 0 amide bonds. The van der Waals surface area contributed by atoms with Gasteiger partial charge in [-0.2, -0.15) is 0 Å². The molecule has 150 valence electrons. The fourth-order valence-corrected chi connectivity index (χ4v) is 4.09. The summed E-state index contributed by atoms with van der Waals surface area (Å²) in [7, 11) is 0. The Kier molecular flexibility index (Phi) is 4.77. The molecular formula is C26H34O2. The zero-order valence-corrected chi connectivity index (χ0v) is 19.1. The summed E-state index contributed by atoms with van der Waals surface area (Å²) in [6.45, 7) is 21.8. The minimum absolute atomic E-state index is 0.000623. The van der Waals surface area contributed by atoms with Crippen molar-refractivity contribution in [1.29, 1.82) is 0 Å². The summed E-state index contributed by atoms with van der Waals surface area (Å²) in [5.74, 6) is 0.263. The van der Waals surface area contributed by atoms with Crippen molar-refractivity contribution in [2.45, 2.75) is 86.0 Å². The fourth-order valence-electron chi connectivity index (χ4n) is 4.09. The van der Waals surface area contributed by atoms with E-state index in [1.54, 1.807) is 0 Å². The van der Waals surface area contributed by atoms with Crippen molar-refractivity contribution < 1.29 is 9.53 Å². The van der Waals surface area contributed by atoms with Crippen molar-refractivity contribution in [3.05, 3.63) is 62.7 Å². The van der Waals surface area contributed by atoms with E-state index < -0.39 is 0 Å². The molecule has 0 aliphatic carbocycles. The Bertz CT molecular complexity index is 966. The minimum atomic E-state index is -0.351. The zero-order valence-electron chi connectivity index (χ0n) is 19.1. The lowest BCUT2D eigenvalue weighted by Gasteiger charge is -2.27. The molecule has 2 heteroatoms. The molecule has 0 aromatic heterocycles. The van der Waals surface area contributed by atoms with E-state index in [2.05, 4.69) is 87.4 Å². The van der Waals surface area contributed by atoms with Crippen LogP contribution in [0.1, 0.15) is 92.0 Å². The summed E-state index contributed by atoms with van der Waals surface area (Å²) < 4.78 is 5.93. The van der Waals surface area contributed by atoms with Crippen LogP contribution < -0.4 is 4.74 Å². The van der Waals surface area contributed by atoms with Crippen LogP contribution in [-0.2, 0) is 15.6 Å². The molecule has 1 unspecified atom stereocenters. The van der Waals surface area contributed by atoms with Crippen LogP contribution in [-0.4, -0.2) is 5.97 Å². The van der Waals surface area contributed by atoms with Crippen molar-refractivity contribution in [1.82, 2.24) is 0 Å². The number of fused-ring (bicyclic) bond motifs is 1. The molecule has 0 spiro atoms. The maximum Gasteiger partial charge on any atom is 0.323 e. The molecule has 1 atom stereocenters. The second kappa shape index (κ2) is 6.47. The van der Waals surface area contributed by atoms with E-state index in [-0.39, 0.29) is 22.7 Å². The van der Waals surface area contributed by atoms with Gasteiger partial charge in [-0.15, -0.1) is 0 Å². The molecule has 0 saturated heterocycles. The van der Waals surface area contributed by atoms with Crippen LogP contribution in [0.25, 0.3) is 0 Å². The summed E-state index contributed by atoms with van der Waals surface area (Å²) in [5, 5.41) is 0. The topological polar surface area (TPSA) is 26.3 Å². The van der Waals surface area contributed by atoms with Gasteiger partial charge in [0.2, 0.25) is 0 Å². The van der Waals surface area contributed by atoms with Gasteiger partial charge in [-0.3, -0.25) is 4.79 Å². The number of benzene rings is 2. The second-order valence-electron chi connectivity index (χ2n) is 10.5. The number of rotatable bonds is 1. The monoisotopic (exact) mass is 378 g/mol. The number of esters is 1. The third-order valence-electron chi connectivity index (χ3n) is 6.37.